The lowest BCUT2D eigenvalue weighted by Crippen LogP contribution is -2.49. The molecule has 0 radical (unpaired) electrons. The Kier molecular flexibility index (Phi) is 3.80. The lowest BCUT2D eigenvalue weighted by atomic mass is 9.47. The molecule has 5 rings (SSSR count). The first-order chi connectivity index (χ1) is 13.1. The van der Waals surface area contributed by atoms with Gasteiger partial charge in [-0.15, -0.1) is 0 Å². The largest absolute Gasteiger partial charge is 0.310 e. The molecule has 0 amide bonds. The Morgan fingerprint density at radius 3 is 2.78 bits per heavy atom. The van der Waals surface area contributed by atoms with Crippen molar-refractivity contribution in [1.29, 1.82) is 0 Å². The van der Waals surface area contributed by atoms with Crippen LogP contribution in [0.4, 0.5) is 0 Å². The summed E-state index contributed by atoms with van der Waals surface area (Å²) in [7, 11) is 0. The van der Waals surface area contributed by atoms with Gasteiger partial charge in [0.15, 0.2) is 0 Å². The Labute approximate surface area is 161 Å². The minimum atomic E-state index is 0.167. The van der Waals surface area contributed by atoms with Crippen molar-refractivity contribution in [2.45, 2.75) is 64.8 Å². The first-order valence-corrected chi connectivity index (χ1v) is 10.5. The third kappa shape index (κ3) is 2.37. The van der Waals surface area contributed by atoms with Crippen LogP contribution < -0.4 is 0 Å². The molecule has 0 saturated heterocycles. The van der Waals surface area contributed by atoms with Gasteiger partial charge >= 0.3 is 0 Å². The van der Waals surface area contributed by atoms with E-state index in [4.69, 9.17) is 5.53 Å². The van der Waals surface area contributed by atoms with Crippen LogP contribution in [0.25, 0.3) is 16.1 Å². The number of nitrogens with zero attached hydrogens (tertiary/aromatic N) is 5. The molecular weight excluding hydrogens is 334 g/mol. The summed E-state index contributed by atoms with van der Waals surface area (Å²) in [5.41, 5.74) is 12.5. The number of aromatic nitrogens is 2. The smallest absolute Gasteiger partial charge is 0.0989 e. The fourth-order valence-corrected chi connectivity index (χ4v) is 7.16. The molecule has 0 aromatic carbocycles. The minimum Gasteiger partial charge on any atom is -0.310 e. The molecule has 0 aliphatic heterocycles. The highest BCUT2D eigenvalue weighted by Crippen LogP contribution is 2.65. The van der Waals surface area contributed by atoms with Gasteiger partial charge in [0.05, 0.1) is 6.33 Å². The van der Waals surface area contributed by atoms with Crippen molar-refractivity contribution < 1.29 is 0 Å². The highest BCUT2D eigenvalue weighted by atomic mass is 15.1. The molecule has 4 aliphatic carbocycles. The van der Waals surface area contributed by atoms with E-state index in [0.29, 0.717) is 5.41 Å². The van der Waals surface area contributed by atoms with Gasteiger partial charge in [-0.25, -0.2) is 4.98 Å². The van der Waals surface area contributed by atoms with Crippen molar-refractivity contribution in [2.24, 2.45) is 33.7 Å². The standard InChI is InChI=1S/C22H29N5/c1-21-9-7-16(25-26-23)13-15(21)3-4-17-18-5-6-20(27-12-11-24-14-27)22(18,2)10-8-19(17)21/h3,6,11-12,14,16-19H,4-5,7-10,13H2,1-2H3/t16-,17?,18?,19?,21-,22-/m0/s1. The van der Waals surface area contributed by atoms with Crippen LogP contribution in [-0.4, -0.2) is 15.6 Å². The van der Waals surface area contributed by atoms with Crippen LogP contribution in [0.2, 0.25) is 0 Å². The van der Waals surface area contributed by atoms with Crippen molar-refractivity contribution in [2.75, 3.05) is 0 Å². The summed E-state index contributed by atoms with van der Waals surface area (Å²) in [4.78, 5) is 7.35. The second kappa shape index (κ2) is 6.00. The van der Waals surface area contributed by atoms with E-state index < -0.39 is 0 Å². The average molecular weight is 364 g/mol. The highest BCUT2D eigenvalue weighted by Gasteiger charge is 2.56. The van der Waals surface area contributed by atoms with Crippen LogP contribution in [0, 0.1) is 28.6 Å². The normalized spacial score (nSPS) is 42.9. The summed E-state index contributed by atoms with van der Waals surface area (Å²) in [6.07, 6.45) is 19.1. The third-order valence-corrected chi connectivity index (χ3v) is 8.62. The first-order valence-electron chi connectivity index (χ1n) is 10.5. The number of hydrogen-bond donors (Lipinski definition) is 0. The topological polar surface area (TPSA) is 66.6 Å². The predicted molar refractivity (Wildman–Crippen MR) is 107 cm³/mol. The number of rotatable bonds is 2. The van der Waals surface area contributed by atoms with Gasteiger partial charge in [0, 0.05) is 34.5 Å². The monoisotopic (exact) mass is 363 g/mol. The van der Waals surface area contributed by atoms with Crippen LogP contribution in [0.3, 0.4) is 0 Å². The van der Waals surface area contributed by atoms with Crippen molar-refractivity contribution in [3.05, 3.63) is 46.9 Å². The molecule has 1 aromatic heterocycles. The van der Waals surface area contributed by atoms with Crippen LogP contribution in [0.1, 0.15) is 58.8 Å². The summed E-state index contributed by atoms with van der Waals surface area (Å²) in [6, 6.07) is 0.167. The van der Waals surface area contributed by atoms with Crippen LogP contribution in [0.5, 0.6) is 0 Å². The summed E-state index contributed by atoms with van der Waals surface area (Å²) < 4.78 is 2.25. The Hall–Kier alpha value is -2.00. The molecule has 142 valence electrons. The Morgan fingerprint density at radius 1 is 1.15 bits per heavy atom. The second-order valence-electron chi connectivity index (χ2n) is 9.61. The zero-order valence-electron chi connectivity index (χ0n) is 16.4. The molecule has 1 heterocycles. The van der Waals surface area contributed by atoms with Gasteiger partial charge < -0.3 is 4.57 Å². The van der Waals surface area contributed by atoms with Crippen molar-refractivity contribution >= 4 is 5.70 Å². The molecule has 27 heavy (non-hydrogen) atoms. The van der Waals surface area contributed by atoms with Gasteiger partial charge in [-0.1, -0.05) is 36.7 Å². The molecule has 5 heteroatoms. The average Bonchev–Trinajstić information content (AvgIpc) is 3.29. The quantitative estimate of drug-likeness (QED) is 0.276. The van der Waals surface area contributed by atoms with Crippen LogP contribution in [0.15, 0.2) is 41.6 Å². The van der Waals surface area contributed by atoms with Gasteiger partial charge in [-0.2, -0.15) is 0 Å². The van der Waals surface area contributed by atoms with Gasteiger partial charge in [-0.05, 0) is 73.6 Å². The molecule has 0 bridgehead atoms. The van der Waals surface area contributed by atoms with E-state index in [1.165, 1.54) is 37.8 Å². The maximum Gasteiger partial charge on any atom is 0.0989 e. The molecule has 2 saturated carbocycles. The van der Waals surface area contributed by atoms with Gasteiger partial charge in [-0.3, -0.25) is 0 Å². The molecular formula is C22H29N5. The number of imidazole rings is 1. The maximum atomic E-state index is 8.83. The fraction of sp³-hybridized carbons (Fsp3) is 0.682. The third-order valence-electron chi connectivity index (χ3n) is 8.62. The van der Waals surface area contributed by atoms with Crippen LogP contribution in [-0.2, 0) is 0 Å². The van der Waals surface area contributed by atoms with Gasteiger partial charge in [0.2, 0.25) is 0 Å². The van der Waals surface area contributed by atoms with Gasteiger partial charge in [0.1, 0.15) is 0 Å². The lowest BCUT2D eigenvalue weighted by molar-refractivity contribution is -0.0127. The summed E-state index contributed by atoms with van der Waals surface area (Å²) in [6.45, 7) is 5.00. The molecule has 6 atom stereocenters. The number of allylic oxidation sites excluding steroid dienone is 3. The Bertz CT molecular complexity index is 846. The Morgan fingerprint density at radius 2 is 2.00 bits per heavy atom. The van der Waals surface area contributed by atoms with Crippen molar-refractivity contribution in [3.8, 4) is 0 Å². The van der Waals surface area contributed by atoms with E-state index in [0.717, 1.165) is 30.6 Å². The minimum absolute atomic E-state index is 0.167. The van der Waals surface area contributed by atoms with E-state index in [1.807, 2.05) is 12.5 Å². The lowest BCUT2D eigenvalue weighted by Gasteiger charge is -2.57. The first kappa shape index (κ1) is 17.1. The number of hydrogen-bond acceptors (Lipinski definition) is 2. The van der Waals surface area contributed by atoms with E-state index in [-0.39, 0.29) is 11.5 Å². The summed E-state index contributed by atoms with van der Waals surface area (Å²) in [5, 5.41) is 4.04. The van der Waals surface area contributed by atoms with Crippen molar-refractivity contribution in [3.63, 3.8) is 0 Å². The summed E-state index contributed by atoms with van der Waals surface area (Å²) >= 11 is 0. The zero-order valence-corrected chi connectivity index (χ0v) is 16.4. The molecule has 3 unspecified atom stereocenters. The predicted octanol–water partition coefficient (Wildman–Crippen LogP) is 5.98. The second-order valence-corrected chi connectivity index (χ2v) is 9.61. The molecule has 1 aromatic rings. The maximum absolute atomic E-state index is 8.83. The Balaban J connectivity index is 1.45. The zero-order chi connectivity index (χ0) is 18.6. The van der Waals surface area contributed by atoms with Crippen molar-refractivity contribution in [1.82, 2.24) is 9.55 Å². The van der Waals surface area contributed by atoms with E-state index in [1.54, 1.807) is 5.57 Å². The molecule has 0 spiro atoms. The fourth-order valence-electron chi connectivity index (χ4n) is 7.16. The number of azide groups is 1. The van der Waals surface area contributed by atoms with E-state index in [9.17, 15) is 0 Å². The van der Waals surface area contributed by atoms with Gasteiger partial charge in [0.25, 0.3) is 0 Å². The highest BCUT2D eigenvalue weighted by molar-refractivity contribution is 5.57. The van der Waals surface area contributed by atoms with Crippen LogP contribution >= 0.6 is 0 Å². The SMILES string of the molecule is C[C@]12CC[C@H](N=[N+]=[N-])CC1=CCC1C2CC[C@]2(C)C(n3ccnc3)=CCC12. The van der Waals surface area contributed by atoms with E-state index >= 15 is 0 Å². The number of fused-ring (bicyclic) bond motifs is 5. The molecule has 0 N–H and O–H groups in total. The molecule has 4 aliphatic rings. The molecule has 2 fully saturated rings. The molecule has 5 nitrogen and oxygen atoms in total. The van der Waals surface area contributed by atoms with E-state index in [2.05, 4.69) is 51.8 Å². The summed E-state index contributed by atoms with van der Waals surface area (Å²) in [5.74, 6) is 2.28.